The number of likely N-dealkylation sites (tertiary alicyclic amines) is 1. The van der Waals surface area contributed by atoms with E-state index in [1.54, 1.807) is 6.08 Å². The maximum atomic E-state index is 11.7. The number of carbonyl (C=O) groups excluding carboxylic acids is 1. The maximum Gasteiger partial charge on any atom is 0.243 e. The lowest BCUT2D eigenvalue weighted by Gasteiger charge is -2.32. The minimum Gasteiger partial charge on any atom is -0.352 e. The average molecular weight is 315 g/mol. The van der Waals surface area contributed by atoms with Crippen LogP contribution >= 0.6 is 0 Å². The standard InChI is InChI=1S/C19H29N3O/c1-4-16-7-8-18(20-11-16)14-22-9-5-6-17(13-22)12-21-19(23)10-15(2)3/h7-8,10-11,17H,4-6,9,12-14H2,1-3H3,(H,21,23). The van der Waals surface area contributed by atoms with Gasteiger partial charge in [-0.1, -0.05) is 18.6 Å². The van der Waals surface area contributed by atoms with E-state index in [-0.39, 0.29) is 5.91 Å². The van der Waals surface area contributed by atoms with Crippen molar-refractivity contribution in [3.8, 4) is 0 Å². The van der Waals surface area contributed by atoms with Crippen molar-refractivity contribution in [3.05, 3.63) is 41.2 Å². The first-order valence-electron chi connectivity index (χ1n) is 8.65. The number of rotatable bonds is 6. The number of nitrogens with zero attached hydrogens (tertiary/aromatic N) is 2. The largest absolute Gasteiger partial charge is 0.352 e. The Labute approximate surface area is 140 Å². The number of allylic oxidation sites excluding steroid dienone is 1. The molecule has 4 nitrogen and oxygen atoms in total. The fourth-order valence-electron chi connectivity index (χ4n) is 3.01. The summed E-state index contributed by atoms with van der Waals surface area (Å²) in [6.45, 7) is 9.86. The van der Waals surface area contributed by atoms with Crippen molar-refractivity contribution < 1.29 is 4.79 Å². The van der Waals surface area contributed by atoms with Crippen molar-refractivity contribution in [1.29, 1.82) is 0 Å². The molecule has 1 amide bonds. The van der Waals surface area contributed by atoms with Crippen LogP contribution in [0.15, 0.2) is 30.0 Å². The lowest BCUT2D eigenvalue weighted by Crippen LogP contribution is -2.40. The highest BCUT2D eigenvalue weighted by atomic mass is 16.1. The molecule has 1 fully saturated rings. The Morgan fingerprint density at radius 2 is 2.26 bits per heavy atom. The summed E-state index contributed by atoms with van der Waals surface area (Å²) in [5, 5.41) is 3.03. The number of nitrogens with one attached hydrogen (secondary N) is 1. The van der Waals surface area contributed by atoms with Crippen LogP contribution in [0.5, 0.6) is 0 Å². The summed E-state index contributed by atoms with van der Waals surface area (Å²) in [4.78, 5) is 18.7. The third-order valence-corrected chi connectivity index (χ3v) is 4.27. The Bertz CT molecular complexity index is 532. The molecule has 0 radical (unpaired) electrons. The summed E-state index contributed by atoms with van der Waals surface area (Å²) in [5.41, 5.74) is 3.46. The molecule has 4 heteroatoms. The molecule has 2 rings (SSSR count). The van der Waals surface area contributed by atoms with Gasteiger partial charge in [0.15, 0.2) is 0 Å². The molecule has 126 valence electrons. The van der Waals surface area contributed by atoms with E-state index in [1.807, 2.05) is 20.0 Å². The number of aryl methyl sites for hydroxylation is 1. The Hall–Kier alpha value is -1.68. The Kier molecular flexibility index (Phi) is 6.78. The molecule has 0 spiro atoms. The van der Waals surface area contributed by atoms with Crippen LogP contribution in [-0.4, -0.2) is 35.4 Å². The SMILES string of the molecule is CCc1ccc(CN2CCCC(CNC(=O)C=C(C)C)C2)nc1. The van der Waals surface area contributed by atoms with Gasteiger partial charge in [0.2, 0.25) is 5.91 Å². The number of aromatic nitrogens is 1. The zero-order valence-corrected chi connectivity index (χ0v) is 14.6. The number of carbonyl (C=O) groups is 1. The van der Waals surface area contributed by atoms with E-state index in [0.717, 1.165) is 43.9 Å². The summed E-state index contributed by atoms with van der Waals surface area (Å²) in [5.74, 6) is 0.562. The van der Waals surface area contributed by atoms with Crippen molar-refractivity contribution >= 4 is 5.91 Å². The van der Waals surface area contributed by atoms with Crippen LogP contribution in [0.2, 0.25) is 0 Å². The van der Waals surface area contributed by atoms with E-state index in [4.69, 9.17) is 0 Å². The molecule has 0 saturated carbocycles. The summed E-state index contributed by atoms with van der Waals surface area (Å²) < 4.78 is 0. The van der Waals surface area contributed by atoms with Crippen LogP contribution in [0.3, 0.4) is 0 Å². The number of hydrogen-bond donors (Lipinski definition) is 1. The second kappa shape index (κ2) is 8.82. The molecular formula is C19H29N3O. The van der Waals surface area contributed by atoms with Crippen LogP contribution in [0, 0.1) is 5.92 Å². The minimum absolute atomic E-state index is 0.0268. The van der Waals surface area contributed by atoms with E-state index >= 15 is 0 Å². The smallest absolute Gasteiger partial charge is 0.243 e. The second-order valence-electron chi connectivity index (χ2n) is 6.72. The molecule has 1 aromatic rings. The van der Waals surface area contributed by atoms with Crippen LogP contribution in [-0.2, 0) is 17.8 Å². The molecule has 1 N–H and O–H groups in total. The summed E-state index contributed by atoms with van der Waals surface area (Å²) in [6, 6.07) is 4.31. The Morgan fingerprint density at radius 1 is 1.43 bits per heavy atom. The van der Waals surface area contributed by atoms with Gasteiger partial charge in [0.1, 0.15) is 0 Å². The molecule has 0 aromatic carbocycles. The molecule has 1 saturated heterocycles. The zero-order chi connectivity index (χ0) is 16.7. The molecule has 0 bridgehead atoms. The van der Waals surface area contributed by atoms with Gasteiger partial charge >= 0.3 is 0 Å². The van der Waals surface area contributed by atoms with Gasteiger partial charge in [-0.15, -0.1) is 0 Å². The van der Waals surface area contributed by atoms with Crippen molar-refractivity contribution in [2.75, 3.05) is 19.6 Å². The van der Waals surface area contributed by atoms with Crippen LogP contribution in [0.1, 0.15) is 44.9 Å². The molecule has 2 heterocycles. The van der Waals surface area contributed by atoms with Crippen molar-refractivity contribution in [2.45, 2.75) is 46.6 Å². The van der Waals surface area contributed by atoms with Gasteiger partial charge in [-0.05, 0) is 57.2 Å². The van der Waals surface area contributed by atoms with Crippen LogP contribution < -0.4 is 5.32 Å². The van der Waals surface area contributed by atoms with Gasteiger partial charge in [-0.2, -0.15) is 0 Å². The van der Waals surface area contributed by atoms with Gasteiger partial charge < -0.3 is 5.32 Å². The molecule has 1 unspecified atom stereocenters. The highest BCUT2D eigenvalue weighted by Crippen LogP contribution is 2.17. The van der Waals surface area contributed by atoms with E-state index in [9.17, 15) is 4.79 Å². The molecule has 0 aliphatic carbocycles. The first kappa shape index (κ1) is 17.7. The number of piperidine rings is 1. The lowest BCUT2D eigenvalue weighted by atomic mass is 9.97. The summed E-state index contributed by atoms with van der Waals surface area (Å²) in [6.07, 6.45) is 7.06. The zero-order valence-electron chi connectivity index (χ0n) is 14.6. The Morgan fingerprint density at radius 3 is 2.91 bits per heavy atom. The van der Waals surface area contributed by atoms with Crippen molar-refractivity contribution in [2.24, 2.45) is 5.92 Å². The second-order valence-corrected chi connectivity index (χ2v) is 6.72. The van der Waals surface area contributed by atoms with Gasteiger partial charge in [0, 0.05) is 31.9 Å². The molecule has 23 heavy (non-hydrogen) atoms. The monoisotopic (exact) mass is 315 g/mol. The predicted molar refractivity (Wildman–Crippen MR) is 94.1 cm³/mol. The summed E-state index contributed by atoms with van der Waals surface area (Å²) in [7, 11) is 0. The molecule has 1 aliphatic heterocycles. The number of hydrogen-bond acceptors (Lipinski definition) is 3. The van der Waals surface area contributed by atoms with E-state index in [1.165, 1.54) is 18.4 Å². The predicted octanol–water partition coefficient (Wildman–Crippen LogP) is 2.94. The van der Waals surface area contributed by atoms with Gasteiger partial charge in [-0.25, -0.2) is 0 Å². The van der Waals surface area contributed by atoms with Crippen molar-refractivity contribution in [3.63, 3.8) is 0 Å². The average Bonchev–Trinajstić information content (AvgIpc) is 2.53. The summed E-state index contributed by atoms with van der Waals surface area (Å²) >= 11 is 0. The molecule has 1 aromatic heterocycles. The van der Waals surface area contributed by atoms with Gasteiger partial charge in [0.05, 0.1) is 5.69 Å². The quantitative estimate of drug-likeness (QED) is 0.821. The van der Waals surface area contributed by atoms with Crippen molar-refractivity contribution in [1.82, 2.24) is 15.2 Å². The third-order valence-electron chi connectivity index (χ3n) is 4.27. The van der Waals surface area contributed by atoms with Crippen LogP contribution in [0.25, 0.3) is 0 Å². The van der Waals surface area contributed by atoms with E-state index in [0.29, 0.717) is 5.92 Å². The van der Waals surface area contributed by atoms with E-state index < -0.39 is 0 Å². The fourth-order valence-corrected chi connectivity index (χ4v) is 3.01. The highest BCUT2D eigenvalue weighted by Gasteiger charge is 2.20. The van der Waals surface area contributed by atoms with Gasteiger partial charge in [-0.3, -0.25) is 14.7 Å². The molecule has 1 aliphatic rings. The van der Waals surface area contributed by atoms with E-state index in [2.05, 4.69) is 34.3 Å². The highest BCUT2D eigenvalue weighted by molar-refractivity contribution is 5.87. The number of amides is 1. The lowest BCUT2D eigenvalue weighted by molar-refractivity contribution is -0.116. The van der Waals surface area contributed by atoms with Crippen LogP contribution in [0.4, 0.5) is 0 Å². The first-order valence-corrected chi connectivity index (χ1v) is 8.65. The fraction of sp³-hybridized carbons (Fsp3) is 0.579. The maximum absolute atomic E-state index is 11.7. The first-order chi connectivity index (χ1) is 11.1. The van der Waals surface area contributed by atoms with Gasteiger partial charge in [0.25, 0.3) is 0 Å². The molecular weight excluding hydrogens is 286 g/mol. The molecule has 1 atom stereocenters. The topological polar surface area (TPSA) is 45.2 Å². The number of pyridine rings is 1. The normalized spacial score (nSPS) is 18.5. The third kappa shape index (κ3) is 6.14. The minimum atomic E-state index is 0.0268. The Balaban J connectivity index is 1.80.